The van der Waals surface area contributed by atoms with Crippen LogP contribution in [0.3, 0.4) is 0 Å². The molecule has 28 heavy (non-hydrogen) atoms. The third-order valence-corrected chi connectivity index (χ3v) is 8.17. The third-order valence-electron chi connectivity index (χ3n) is 5.26. The van der Waals surface area contributed by atoms with Gasteiger partial charge in [0.15, 0.2) is 0 Å². The van der Waals surface area contributed by atoms with Crippen LogP contribution in [0.25, 0.3) is 0 Å². The largest absolute Gasteiger partial charge is 0.448 e. The Hall–Kier alpha value is -2.44. The summed E-state index contributed by atoms with van der Waals surface area (Å²) < 4.78 is 5.93. The summed E-state index contributed by atoms with van der Waals surface area (Å²) in [6.45, 7) is 8.72. The highest BCUT2D eigenvalue weighted by Gasteiger charge is 2.31. The lowest BCUT2D eigenvalue weighted by molar-refractivity contribution is 0.493. The minimum atomic E-state index is -0.664. The molecule has 0 saturated carbocycles. The molecule has 0 N–H and O–H groups in total. The molecule has 0 unspecified atom stereocenters. The van der Waals surface area contributed by atoms with Gasteiger partial charge in [0, 0.05) is 0 Å². The Morgan fingerprint density at radius 2 is 1.54 bits per heavy atom. The molecule has 4 rings (SSSR count). The second-order valence-electron chi connectivity index (χ2n) is 7.63. The maximum atomic E-state index is 5.93. The van der Waals surface area contributed by atoms with E-state index >= 15 is 0 Å². The van der Waals surface area contributed by atoms with Crippen molar-refractivity contribution in [3.05, 3.63) is 101 Å². The first kappa shape index (κ1) is 18.9. The predicted molar refractivity (Wildman–Crippen MR) is 119 cm³/mol. The van der Waals surface area contributed by atoms with Crippen LogP contribution in [0.5, 0.6) is 0 Å². The van der Waals surface area contributed by atoms with Crippen LogP contribution in [0.4, 0.5) is 0 Å². The standard InChI is InChI=1S/C25H26NOP/c1-17(2)21-16-27-25(26-21)20-12-9-15-24(20)28(22-13-7-5-10-18(22)3)23-14-8-6-11-19(23)4/h5-17,20H,1-4H3/t20-/m1/s1. The van der Waals surface area contributed by atoms with E-state index in [2.05, 4.69) is 94.5 Å². The molecule has 3 aromatic rings. The second kappa shape index (κ2) is 7.89. The summed E-state index contributed by atoms with van der Waals surface area (Å²) >= 11 is 0. The van der Waals surface area contributed by atoms with Crippen LogP contribution < -0.4 is 10.6 Å². The highest BCUT2D eigenvalue weighted by molar-refractivity contribution is 7.77. The van der Waals surface area contributed by atoms with Gasteiger partial charge in [-0.15, -0.1) is 0 Å². The molecule has 1 atom stereocenters. The zero-order valence-corrected chi connectivity index (χ0v) is 17.8. The number of hydrogen-bond donors (Lipinski definition) is 0. The van der Waals surface area contributed by atoms with Crippen molar-refractivity contribution >= 4 is 18.5 Å². The van der Waals surface area contributed by atoms with E-state index < -0.39 is 7.92 Å². The molecular formula is C25H26NOP. The van der Waals surface area contributed by atoms with E-state index in [0.717, 1.165) is 11.6 Å². The molecule has 0 aliphatic heterocycles. The number of oxazole rings is 1. The molecule has 0 radical (unpaired) electrons. The highest BCUT2D eigenvalue weighted by Crippen LogP contribution is 2.53. The van der Waals surface area contributed by atoms with E-state index in [1.807, 2.05) is 6.26 Å². The van der Waals surface area contributed by atoms with Crippen LogP contribution in [0.2, 0.25) is 0 Å². The molecule has 1 aliphatic rings. The lowest BCUT2D eigenvalue weighted by Gasteiger charge is -2.26. The monoisotopic (exact) mass is 387 g/mol. The molecule has 1 aromatic heterocycles. The maximum absolute atomic E-state index is 5.93. The van der Waals surface area contributed by atoms with Crippen molar-refractivity contribution < 1.29 is 4.42 Å². The average molecular weight is 387 g/mol. The molecule has 0 fully saturated rings. The van der Waals surface area contributed by atoms with Crippen LogP contribution in [0.15, 0.2) is 82.8 Å². The molecule has 1 heterocycles. The minimum Gasteiger partial charge on any atom is -0.448 e. The highest BCUT2D eigenvalue weighted by atomic mass is 31.1. The molecule has 0 amide bonds. The zero-order chi connectivity index (χ0) is 19.7. The van der Waals surface area contributed by atoms with Gasteiger partial charge >= 0.3 is 0 Å². The number of hydrogen-bond acceptors (Lipinski definition) is 2. The van der Waals surface area contributed by atoms with Crippen LogP contribution >= 0.6 is 7.92 Å². The van der Waals surface area contributed by atoms with Crippen LogP contribution in [-0.4, -0.2) is 4.98 Å². The van der Waals surface area contributed by atoms with Crippen LogP contribution in [-0.2, 0) is 0 Å². The maximum Gasteiger partial charge on any atom is 0.205 e. The van der Waals surface area contributed by atoms with Gasteiger partial charge in [0.05, 0.1) is 11.6 Å². The average Bonchev–Trinajstić information content (AvgIpc) is 3.34. The number of allylic oxidation sites excluding steroid dienone is 4. The summed E-state index contributed by atoms with van der Waals surface area (Å²) in [5.41, 5.74) is 3.68. The minimum absolute atomic E-state index is 0.0952. The van der Waals surface area contributed by atoms with Crippen molar-refractivity contribution in [1.82, 2.24) is 4.98 Å². The fourth-order valence-corrected chi connectivity index (χ4v) is 6.49. The zero-order valence-electron chi connectivity index (χ0n) is 16.9. The Labute approximate surface area is 168 Å². The van der Waals surface area contributed by atoms with Gasteiger partial charge in [-0.2, -0.15) is 0 Å². The molecule has 142 valence electrons. The number of nitrogens with zero attached hydrogens (tertiary/aromatic N) is 1. The summed E-state index contributed by atoms with van der Waals surface area (Å²) in [4.78, 5) is 4.81. The number of aromatic nitrogens is 1. The summed E-state index contributed by atoms with van der Waals surface area (Å²) in [6.07, 6.45) is 8.46. The molecule has 3 heteroatoms. The normalized spacial score (nSPS) is 16.2. The van der Waals surface area contributed by atoms with E-state index in [4.69, 9.17) is 9.40 Å². The van der Waals surface area contributed by atoms with E-state index in [0.29, 0.717) is 5.92 Å². The SMILES string of the molecule is Cc1ccccc1P(C1=CC=C[C@H]1c1nc(C(C)C)co1)c1ccccc1C. The van der Waals surface area contributed by atoms with Crippen molar-refractivity contribution in [2.45, 2.75) is 39.5 Å². The van der Waals surface area contributed by atoms with E-state index in [-0.39, 0.29) is 5.92 Å². The van der Waals surface area contributed by atoms with Crippen molar-refractivity contribution in [2.75, 3.05) is 0 Å². The fourth-order valence-electron chi connectivity index (χ4n) is 3.64. The fraction of sp³-hybridized carbons (Fsp3) is 0.240. The quantitative estimate of drug-likeness (QED) is 0.496. The van der Waals surface area contributed by atoms with Gasteiger partial charge in [0.2, 0.25) is 5.89 Å². The van der Waals surface area contributed by atoms with Crippen molar-refractivity contribution in [2.24, 2.45) is 0 Å². The molecule has 2 aromatic carbocycles. The van der Waals surface area contributed by atoms with E-state index in [9.17, 15) is 0 Å². The first-order valence-electron chi connectivity index (χ1n) is 9.81. The van der Waals surface area contributed by atoms with Gasteiger partial charge in [0.1, 0.15) is 6.26 Å². The van der Waals surface area contributed by atoms with Gasteiger partial charge in [-0.05, 0) is 54.7 Å². The van der Waals surface area contributed by atoms with Gasteiger partial charge in [-0.1, -0.05) is 80.6 Å². The number of rotatable bonds is 5. The molecule has 1 aliphatic carbocycles. The first-order chi connectivity index (χ1) is 13.6. The molecular weight excluding hydrogens is 361 g/mol. The summed E-state index contributed by atoms with van der Waals surface area (Å²) in [5, 5.41) is 4.19. The Morgan fingerprint density at radius 3 is 2.07 bits per heavy atom. The van der Waals surface area contributed by atoms with Gasteiger partial charge in [-0.25, -0.2) is 4.98 Å². The van der Waals surface area contributed by atoms with Crippen LogP contribution in [0, 0.1) is 13.8 Å². The second-order valence-corrected chi connectivity index (χ2v) is 9.78. The molecule has 0 spiro atoms. The topological polar surface area (TPSA) is 26.0 Å². The third kappa shape index (κ3) is 3.50. The van der Waals surface area contributed by atoms with Crippen molar-refractivity contribution in [1.29, 1.82) is 0 Å². The molecule has 0 saturated heterocycles. The predicted octanol–water partition coefficient (Wildman–Crippen LogP) is 6.09. The van der Waals surface area contributed by atoms with Gasteiger partial charge in [0.25, 0.3) is 0 Å². The number of aryl methyl sites for hydroxylation is 2. The lowest BCUT2D eigenvalue weighted by atomic mass is 10.1. The summed E-state index contributed by atoms with van der Waals surface area (Å²) in [6, 6.07) is 17.5. The summed E-state index contributed by atoms with van der Waals surface area (Å²) in [5.74, 6) is 1.26. The lowest BCUT2D eigenvalue weighted by Crippen LogP contribution is -2.19. The summed E-state index contributed by atoms with van der Waals surface area (Å²) in [7, 11) is -0.664. The van der Waals surface area contributed by atoms with E-state index in [1.165, 1.54) is 27.1 Å². The molecule has 0 bridgehead atoms. The Balaban J connectivity index is 1.82. The Kier molecular flexibility index (Phi) is 5.33. The molecule has 2 nitrogen and oxygen atoms in total. The van der Waals surface area contributed by atoms with Gasteiger partial charge in [-0.3, -0.25) is 0 Å². The van der Waals surface area contributed by atoms with Gasteiger partial charge < -0.3 is 4.42 Å². The Bertz CT molecular complexity index is 998. The van der Waals surface area contributed by atoms with E-state index in [1.54, 1.807) is 0 Å². The first-order valence-corrected chi connectivity index (χ1v) is 11.2. The van der Waals surface area contributed by atoms with Crippen molar-refractivity contribution in [3.63, 3.8) is 0 Å². The van der Waals surface area contributed by atoms with Crippen molar-refractivity contribution in [3.8, 4) is 0 Å². The Morgan fingerprint density at radius 1 is 0.929 bits per heavy atom. The van der Waals surface area contributed by atoms with Crippen LogP contribution in [0.1, 0.15) is 48.4 Å². The smallest absolute Gasteiger partial charge is 0.205 e. The number of benzene rings is 2.